The van der Waals surface area contributed by atoms with Gasteiger partial charge in [-0.15, -0.1) is 0 Å². The van der Waals surface area contributed by atoms with Crippen LogP contribution in [0.25, 0.3) is 10.9 Å². The summed E-state index contributed by atoms with van der Waals surface area (Å²) in [6, 6.07) is 17.7. The Morgan fingerprint density at radius 1 is 0.976 bits per heavy atom. The number of nitrogens with one attached hydrogen (secondary N) is 1. The van der Waals surface area contributed by atoms with E-state index in [1.165, 1.54) is 24.3 Å². The maximum atomic E-state index is 13.9. The zero-order valence-corrected chi connectivity index (χ0v) is 23.7. The molecule has 2 aliphatic carbocycles. The molecule has 0 radical (unpaired) electrons. The Morgan fingerprint density at radius 2 is 1.69 bits per heavy atom. The topological polar surface area (TPSA) is 117 Å². The van der Waals surface area contributed by atoms with Gasteiger partial charge < -0.3 is 15.5 Å². The minimum atomic E-state index is -4.06. The van der Waals surface area contributed by atoms with Crippen LogP contribution in [-0.2, 0) is 9.84 Å². The Morgan fingerprint density at radius 3 is 2.40 bits per heavy atom. The van der Waals surface area contributed by atoms with Crippen molar-refractivity contribution < 1.29 is 32.2 Å². The van der Waals surface area contributed by atoms with E-state index in [-0.39, 0.29) is 34.0 Å². The third kappa shape index (κ3) is 4.86. The van der Waals surface area contributed by atoms with Crippen molar-refractivity contribution in [3.63, 3.8) is 0 Å². The van der Waals surface area contributed by atoms with E-state index in [1.54, 1.807) is 6.07 Å². The molecule has 7 nitrogen and oxygen atoms in total. The van der Waals surface area contributed by atoms with Crippen molar-refractivity contribution in [3.8, 4) is 0 Å². The van der Waals surface area contributed by atoms with E-state index in [9.17, 15) is 32.2 Å². The monoisotopic (exact) mass is 612 g/mol. The van der Waals surface area contributed by atoms with E-state index in [0.29, 0.717) is 24.1 Å². The fraction of sp³-hybridized carbons (Fsp3) is 0.290. The quantitative estimate of drug-likeness (QED) is 0.252. The second-order valence-electron chi connectivity index (χ2n) is 11.1. The minimum absolute atomic E-state index is 0.000796. The normalized spacial score (nSPS) is 24.5. The van der Waals surface area contributed by atoms with Gasteiger partial charge in [0.05, 0.1) is 26.4 Å². The number of hydrogen-bond donors (Lipinski definition) is 3. The van der Waals surface area contributed by atoms with Crippen molar-refractivity contribution in [2.45, 2.75) is 47.5 Å². The van der Waals surface area contributed by atoms with Crippen LogP contribution in [0.5, 0.6) is 0 Å². The first kappa shape index (κ1) is 28.7. The van der Waals surface area contributed by atoms with E-state index in [2.05, 4.69) is 10.3 Å². The van der Waals surface area contributed by atoms with Crippen molar-refractivity contribution >= 4 is 43.9 Å². The first-order valence-electron chi connectivity index (χ1n) is 13.5. The van der Waals surface area contributed by atoms with E-state index < -0.39 is 56.2 Å². The summed E-state index contributed by atoms with van der Waals surface area (Å²) < 4.78 is 54.6. The molecule has 2 fully saturated rings. The molecule has 218 valence electrons. The number of pyridine rings is 1. The summed E-state index contributed by atoms with van der Waals surface area (Å²) >= 11 is 6.33. The summed E-state index contributed by atoms with van der Waals surface area (Å²) in [7, 11) is -4.06. The maximum Gasteiger partial charge on any atom is 0.255 e. The molecule has 0 aliphatic heterocycles. The smallest absolute Gasteiger partial charge is 0.255 e. The highest BCUT2D eigenvalue weighted by Crippen LogP contribution is 2.56. The molecule has 0 saturated heterocycles. The van der Waals surface area contributed by atoms with Gasteiger partial charge in [-0.25, -0.2) is 22.2 Å². The van der Waals surface area contributed by atoms with Crippen LogP contribution in [0.3, 0.4) is 0 Å². The molecule has 1 heterocycles. The van der Waals surface area contributed by atoms with Gasteiger partial charge in [-0.1, -0.05) is 35.9 Å². The first-order chi connectivity index (χ1) is 20.0. The van der Waals surface area contributed by atoms with Gasteiger partial charge in [-0.3, -0.25) is 4.79 Å². The van der Waals surface area contributed by atoms with Gasteiger partial charge in [0.25, 0.3) is 5.91 Å². The molecule has 1 amide bonds. The van der Waals surface area contributed by atoms with E-state index >= 15 is 0 Å². The fourth-order valence-electron chi connectivity index (χ4n) is 6.53. The number of sulfone groups is 1. The number of para-hydroxylation sites is 1. The highest BCUT2D eigenvalue weighted by atomic mass is 35.5. The summed E-state index contributed by atoms with van der Waals surface area (Å²) in [5.41, 5.74) is -0.560. The third-order valence-electron chi connectivity index (χ3n) is 8.72. The van der Waals surface area contributed by atoms with Gasteiger partial charge in [0.15, 0.2) is 21.5 Å². The summed E-state index contributed by atoms with van der Waals surface area (Å²) in [6.07, 6.45) is -0.0108. The van der Waals surface area contributed by atoms with Gasteiger partial charge in [0.1, 0.15) is 11.7 Å². The number of rotatable bonds is 6. The molecule has 2 saturated carbocycles. The first-order valence-corrected chi connectivity index (χ1v) is 15.5. The number of aromatic nitrogens is 1. The van der Waals surface area contributed by atoms with Gasteiger partial charge in [0, 0.05) is 22.7 Å². The zero-order valence-electron chi connectivity index (χ0n) is 22.2. The molecular formula is C31H27ClF2N2O5S. The molecule has 2 aliphatic rings. The highest BCUT2D eigenvalue weighted by molar-refractivity contribution is 7.92. The lowest BCUT2D eigenvalue weighted by molar-refractivity contribution is -0.145. The van der Waals surface area contributed by atoms with Crippen LogP contribution in [0, 0.1) is 23.5 Å². The molecule has 4 aromatic rings. The highest BCUT2D eigenvalue weighted by Gasteiger charge is 2.59. The second-order valence-corrected chi connectivity index (χ2v) is 13.7. The summed E-state index contributed by atoms with van der Waals surface area (Å²) in [4.78, 5) is 17.2. The Bertz CT molecular complexity index is 1800. The van der Waals surface area contributed by atoms with Crippen LogP contribution < -0.4 is 5.32 Å². The number of aliphatic hydroxyl groups is 2. The Balaban J connectivity index is 1.24. The number of fused-ring (bicyclic) bond motifs is 3. The average molecular weight is 613 g/mol. The largest absolute Gasteiger partial charge is 0.386 e. The van der Waals surface area contributed by atoms with E-state index in [0.717, 1.165) is 17.5 Å². The Labute approximate surface area is 246 Å². The van der Waals surface area contributed by atoms with Crippen molar-refractivity contribution in [3.05, 3.63) is 101 Å². The average Bonchev–Trinajstić information content (AvgIpc) is 3.13. The van der Waals surface area contributed by atoms with Gasteiger partial charge in [0.2, 0.25) is 0 Å². The number of carbonyl (C=O) groups is 1. The lowest BCUT2D eigenvalue weighted by Gasteiger charge is -2.45. The lowest BCUT2D eigenvalue weighted by Crippen LogP contribution is -2.52. The number of hydrogen-bond acceptors (Lipinski definition) is 6. The molecule has 6 rings (SSSR count). The number of anilines is 1. The molecule has 42 heavy (non-hydrogen) atoms. The van der Waals surface area contributed by atoms with Crippen LogP contribution in [-0.4, -0.2) is 40.4 Å². The van der Waals surface area contributed by atoms with Crippen molar-refractivity contribution in [1.82, 2.24) is 4.98 Å². The van der Waals surface area contributed by atoms with E-state index in [1.807, 2.05) is 30.3 Å². The van der Waals surface area contributed by atoms with Crippen molar-refractivity contribution in [2.75, 3.05) is 5.32 Å². The number of carbonyl (C=O) groups excluding carboxylic acids is 1. The number of benzene rings is 3. The van der Waals surface area contributed by atoms with Crippen LogP contribution >= 0.6 is 11.6 Å². The molecule has 3 N–H and O–H groups in total. The van der Waals surface area contributed by atoms with Crippen molar-refractivity contribution in [1.29, 1.82) is 0 Å². The van der Waals surface area contributed by atoms with Gasteiger partial charge >= 0.3 is 0 Å². The molecule has 11 heteroatoms. The molecule has 0 spiro atoms. The number of nitrogens with zero attached hydrogens (tertiary/aromatic N) is 1. The molecule has 3 unspecified atom stereocenters. The molecule has 3 aromatic carbocycles. The Hall–Kier alpha value is -3.44. The molecule has 2 bridgehead atoms. The Kier molecular flexibility index (Phi) is 7.29. The number of amides is 1. The van der Waals surface area contributed by atoms with Crippen LogP contribution in [0.15, 0.2) is 77.7 Å². The predicted octanol–water partition coefficient (Wildman–Crippen LogP) is 5.85. The van der Waals surface area contributed by atoms with Gasteiger partial charge in [-0.05, 0) is 80.0 Å². The third-order valence-corrected chi connectivity index (χ3v) is 11.4. The number of halogens is 3. The molecular weight excluding hydrogens is 586 g/mol. The van der Waals surface area contributed by atoms with Gasteiger partial charge in [-0.2, -0.15) is 0 Å². The maximum absolute atomic E-state index is 13.9. The fourth-order valence-corrected chi connectivity index (χ4v) is 8.93. The van der Waals surface area contributed by atoms with Crippen molar-refractivity contribution in [2.24, 2.45) is 11.8 Å². The van der Waals surface area contributed by atoms with Crippen LogP contribution in [0.1, 0.15) is 47.8 Å². The molecule has 3 atom stereocenters. The van der Waals surface area contributed by atoms with E-state index in [4.69, 9.17) is 11.6 Å². The summed E-state index contributed by atoms with van der Waals surface area (Å²) in [5, 5.41) is 25.6. The lowest BCUT2D eigenvalue weighted by atomic mass is 9.70. The SMILES string of the molecule is O=C(Nc1ccc(F)c(F)c1)c1ccc(Cl)c(S(=O)(=O)C2CC3CCC(C2)C3(O)C(O)c2ccc3ccccc3n2)c1. The second kappa shape index (κ2) is 10.7. The standard InChI is InChI=1S/C31H27ClF2N2O5S/c32-23-10-5-18(30(38)35-21-9-11-24(33)25(34)16-21)13-28(23)42(40,41)22-14-19-7-8-20(15-22)31(19,39)29(37)27-12-6-17-3-1-2-4-26(17)36-27/h1-6,9-13,16,19-20,22,29,37,39H,7-8,14-15H2,(H,35,38). The minimum Gasteiger partial charge on any atom is -0.386 e. The summed E-state index contributed by atoms with van der Waals surface area (Å²) in [5.74, 6) is -3.93. The number of aliphatic hydroxyl groups excluding tert-OH is 1. The van der Waals surface area contributed by atoms with Crippen LogP contribution in [0.2, 0.25) is 5.02 Å². The zero-order chi connectivity index (χ0) is 29.8. The van der Waals surface area contributed by atoms with Crippen LogP contribution in [0.4, 0.5) is 14.5 Å². The molecule has 1 aromatic heterocycles. The predicted molar refractivity (Wildman–Crippen MR) is 154 cm³/mol. The summed E-state index contributed by atoms with van der Waals surface area (Å²) in [6.45, 7) is 0.